The fourth-order valence-electron chi connectivity index (χ4n) is 2.00. The topological polar surface area (TPSA) is 89.3 Å². The summed E-state index contributed by atoms with van der Waals surface area (Å²) in [5.41, 5.74) is 0.868. The van der Waals surface area contributed by atoms with Gasteiger partial charge in [0.2, 0.25) is 0 Å². The van der Waals surface area contributed by atoms with Gasteiger partial charge in [0.25, 0.3) is 0 Å². The third kappa shape index (κ3) is 3.50. The lowest BCUT2D eigenvalue weighted by molar-refractivity contribution is -0.380. The Hall–Kier alpha value is -0.990. The standard InChI is InChI=1S/C10H14N2O4S2/c13-12(14)10-3-9(6-17-10)5-11-4-8-1-2-18(15,16)7-8/h3,6,8,11H,1-2,4-5,7H2. The van der Waals surface area contributed by atoms with Crippen molar-refractivity contribution in [1.29, 1.82) is 0 Å². The minimum Gasteiger partial charge on any atom is -0.312 e. The van der Waals surface area contributed by atoms with Crippen molar-refractivity contribution in [1.82, 2.24) is 5.32 Å². The van der Waals surface area contributed by atoms with Gasteiger partial charge in [0.1, 0.15) is 0 Å². The van der Waals surface area contributed by atoms with Gasteiger partial charge in [-0.05, 0) is 24.4 Å². The summed E-state index contributed by atoms with van der Waals surface area (Å²) in [6, 6.07) is 1.54. The van der Waals surface area contributed by atoms with Crippen molar-refractivity contribution in [3.05, 3.63) is 27.1 Å². The predicted molar refractivity (Wildman–Crippen MR) is 69.4 cm³/mol. The molecule has 0 radical (unpaired) electrons. The highest BCUT2D eigenvalue weighted by molar-refractivity contribution is 7.91. The van der Waals surface area contributed by atoms with E-state index in [1.54, 1.807) is 11.4 Å². The molecule has 1 aliphatic rings. The minimum atomic E-state index is -2.82. The predicted octanol–water partition coefficient (Wildman–Crippen LogP) is 1.18. The van der Waals surface area contributed by atoms with E-state index in [1.165, 1.54) is 0 Å². The van der Waals surface area contributed by atoms with E-state index in [0.717, 1.165) is 16.9 Å². The molecule has 0 amide bonds. The summed E-state index contributed by atoms with van der Waals surface area (Å²) in [6.45, 7) is 1.18. The van der Waals surface area contributed by atoms with Gasteiger partial charge < -0.3 is 5.32 Å². The summed E-state index contributed by atoms with van der Waals surface area (Å²) in [7, 11) is -2.82. The van der Waals surface area contributed by atoms with E-state index in [2.05, 4.69) is 5.32 Å². The third-order valence-electron chi connectivity index (χ3n) is 2.91. The molecule has 1 aromatic heterocycles. The first-order valence-electron chi connectivity index (χ1n) is 5.59. The monoisotopic (exact) mass is 290 g/mol. The summed E-state index contributed by atoms with van der Waals surface area (Å²) in [5, 5.41) is 15.5. The third-order valence-corrected chi connectivity index (χ3v) is 5.67. The average Bonchev–Trinajstić information content (AvgIpc) is 2.86. The van der Waals surface area contributed by atoms with Crippen molar-refractivity contribution in [2.45, 2.75) is 13.0 Å². The van der Waals surface area contributed by atoms with Crippen LogP contribution in [0.25, 0.3) is 0 Å². The molecule has 2 heterocycles. The number of sulfone groups is 1. The maximum Gasteiger partial charge on any atom is 0.324 e. The molecule has 1 aliphatic heterocycles. The van der Waals surface area contributed by atoms with Crippen molar-refractivity contribution >= 4 is 26.2 Å². The Morgan fingerprint density at radius 2 is 2.33 bits per heavy atom. The first-order valence-corrected chi connectivity index (χ1v) is 8.29. The summed E-state index contributed by atoms with van der Waals surface area (Å²) in [5.74, 6) is 0.705. The van der Waals surface area contributed by atoms with Crippen LogP contribution in [0.1, 0.15) is 12.0 Å². The fraction of sp³-hybridized carbons (Fsp3) is 0.600. The number of hydrogen-bond donors (Lipinski definition) is 1. The molecular weight excluding hydrogens is 276 g/mol. The maximum atomic E-state index is 11.3. The first-order chi connectivity index (χ1) is 8.46. The number of nitrogens with one attached hydrogen (secondary N) is 1. The summed E-state index contributed by atoms with van der Waals surface area (Å²) < 4.78 is 22.5. The smallest absolute Gasteiger partial charge is 0.312 e. The number of rotatable bonds is 5. The zero-order chi connectivity index (χ0) is 13.2. The van der Waals surface area contributed by atoms with Gasteiger partial charge in [0.05, 0.1) is 16.4 Å². The highest BCUT2D eigenvalue weighted by Crippen LogP contribution is 2.22. The molecule has 8 heteroatoms. The Morgan fingerprint density at radius 3 is 2.89 bits per heavy atom. The van der Waals surface area contributed by atoms with Gasteiger partial charge in [-0.15, -0.1) is 0 Å². The van der Waals surface area contributed by atoms with Crippen LogP contribution in [0.5, 0.6) is 0 Å². The van der Waals surface area contributed by atoms with Gasteiger partial charge >= 0.3 is 5.00 Å². The molecule has 1 aromatic rings. The Bertz CT molecular complexity index is 538. The van der Waals surface area contributed by atoms with Crippen LogP contribution in [0.2, 0.25) is 0 Å². The van der Waals surface area contributed by atoms with E-state index in [4.69, 9.17) is 0 Å². The van der Waals surface area contributed by atoms with E-state index < -0.39 is 14.8 Å². The van der Waals surface area contributed by atoms with Crippen LogP contribution >= 0.6 is 11.3 Å². The fourth-order valence-corrected chi connectivity index (χ4v) is 4.60. The summed E-state index contributed by atoms with van der Waals surface area (Å²) in [6.07, 6.45) is 0.707. The lowest BCUT2D eigenvalue weighted by Crippen LogP contribution is -2.23. The molecule has 100 valence electrons. The van der Waals surface area contributed by atoms with E-state index in [1.807, 2.05) is 0 Å². The number of nitro groups is 1. The van der Waals surface area contributed by atoms with Crippen LogP contribution < -0.4 is 5.32 Å². The normalized spacial score (nSPS) is 22.1. The van der Waals surface area contributed by atoms with Crippen LogP contribution in [0, 0.1) is 16.0 Å². The van der Waals surface area contributed by atoms with Crippen LogP contribution in [-0.4, -0.2) is 31.4 Å². The maximum absolute atomic E-state index is 11.3. The van der Waals surface area contributed by atoms with Crippen molar-refractivity contribution in [2.75, 3.05) is 18.1 Å². The molecule has 1 atom stereocenters. The number of hydrogen-bond acceptors (Lipinski definition) is 6. The minimum absolute atomic E-state index is 0.134. The molecule has 0 bridgehead atoms. The molecule has 6 nitrogen and oxygen atoms in total. The van der Waals surface area contributed by atoms with Gasteiger partial charge in [0.15, 0.2) is 9.84 Å². The van der Waals surface area contributed by atoms with Crippen LogP contribution in [0.3, 0.4) is 0 Å². The Balaban J connectivity index is 1.77. The second-order valence-electron chi connectivity index (χ2n) is 4.45. The quantitative estimate of drug-likeness (QED) is 0.649. The number of thiophene rings is 1. The molecule has 0 saturated carbocycles. The zero-order valence-electron chi connectivity index (χ0n) is 9.66. The molecule has 0 spiro atoms. The molecule has 0 aliphatic carbocycles. The number of nitrogens with zero attached hydrogens (tertiary/aromatic N) is 1. The largest absolute Gasteiger partial charge is 0.324 e. The van der Waals surface area contributed by atoms with E-state index in [-0.39, 0.29) is 22.4 Å². The second-order valence-corrected chi connectivity index (χ2v) is 7.57. The van der Waals surface area contributed by atoms with Crippen molar-refractivity contribution < 1.29 is 13.3 Å². The van der Waals surface area contributed by atoms with Crippen LogP contribution in [0.15, 0.2) is 11.4 Å². The first kappa shape index (κ1) is 13.4. The lowest BCUT2D eigenvalue weighted by Gasteiger charge is -2.08. The van der Waals surface area contributed by atoms with Crippen molar-refractivity contribution in [3.63, 3.8) is 0 Å². The van der Waals surface area contributed by atoms with Crippen LogP contribution in [0.4, 0.5) is 5.00 Å². The molecule has 1 unspecified atom stereocenters. The van der Waals surface area contributed by atoms with E-state index in [0.29, 0.717) is 19.5 Å². The van der Waals surface area contributed by atoms with Gasteiger partial charge in [-0.2, -0.15) is 0 Å². The highest BCUT2D eigenvalue weighted by Gasteiger charge is 2.27. The SMILES string of the molecule is O=[N+]([O-])c1cc(CNCC2CCS(=O)(=O)C2)cs1. The van der Waals surface area contributed by atoms with Crippen molar-refractivity contribution in [2.24, 2.45) is 5.92 Å². The molecule has 1 fully saturated rings. The van der Waals surface area contributed by atoms with E-state index in [9.17, 15) is 18.5 Å². The average molecular weight is 290 g/mol. The molecule has 2 rings (SSSR count). The summed E-state index contributed by atoms with van der Waals surface area (Å²) >= 11 is 1.11. The van der Waals surface area contributed by atoms with Crippen molar-refractivity contribution in [3.8, 4) is 0 Å². The highest BCUT2D eigenvalue weighted by atomic mass is 32.2. The molecule has 1 N–H and O–H groups in total. The lowest BCUT2D eigenvalue weighted by atomic mass is 10.1. The van der Waals surface area contributed by atoms with E-state index >= 15 is 0 Å². The Morgan fingerprint density at radius 1 is 1.56 bits per heavy atom. The second kappa shape index (κ2) is 5.33. The summed E-state index contributed by atoms with van der Waals surface area (Å²) in [4.78, 5) is 10.1. The molecule has 18 heavy (non-hydrogen) atoms. The Kier molecular flexibility index (Phi) is 3.98. The van der Waals surface area contributed by atoms with Gasteiger partial charge in [-0.25, -0.2) is 8.42 Å². The molecule has 1 saturated heterocycles. The van der Waals surface area contributed by atoms with Crippen LogP contribution in [-0.2, 0) is 16.4 Å². The zero-order valence-corrected chi connectivity index (χ0v) is 11.3. The molecular formula is C10H14N2O4S2. The van der Waals surface area contributed by atoms with Gasteiger partial charge in [-0.1, -0.05) is 11.3 Å². The van der Waals surface area contributed by atoms with Gasteiger partial charge in [0, 0.05) is 18.0 Å². The molecule has 0 aromatic carbocycles. The Labute approximate surface area is 109 Å². The van der Waals surface area contributed by atoms with Gasteiger partial charge in [-0.3, -0.25) is 10.1 Å².